The second kappa shape index (κ2) is 5.47. The van der Waals surface area contributed by atoms with E-state index < -0.39 is 18.0 Å². The molecule has 0 radical (unpaired) electrons. The average molecular weight is 263 g/mol. The number of oxime groups is 1. The molecule has 2 heterocycles. The summed E-state index contributed by atoms with van der Waals surface area (Å²) in [4.78, 5) is 31.3. The molecule has 1 aromatic rings. The summed E-state index contributed by atoms with van der Waals surface area (Å²) >= 11 is 0. The van der Waals surface area contributed by atoms with E-state index in [1.165, 1.54) is 0 Å². The van der Waals surface area contributed by atoms with Crippen LogP contribution in [0.3, 0.4) is 0 Å². The number of amides is 1. The van der Waals surface area contributed by atoms with Crippen LogP contribution in [0, 0.1) is 6.92 Å². The lowest BCUT2D eigenvalue weighted by molar-refractivity contribution is -0.131. The topological polar surface area (TPSA) is 101 Å². The molecule has 0 aliphatic carbocycles. The van der Waals surface area contributed by atoms with Crippen molar-refractivity contribution in [3.63, 3.8) is 0 Å². The van der Waals surface area contributed by atoms with E-state index >= 15 is 0 Å². The van der Waals surface area contributed by atoms with Crippen LogP contribution in [0.4, 0.5) is 0 Å². The highest BCUT2D eigenvalue weighted by molar-refractivity contribution is 6.36. The number of hydrogen-bond acceptors (Lipinski definition) is 5. The summed E-state index contributed by atoms with van der Waals surface area (Å²) in [5.74, 6) is -1.57. The summed E-state index contributed by atoms with van der Waals surface area (Å²) in [5, 5.41) is 14.7. The summed E-state index contributed by atoms with van der Waals surface area (Å²) in [5.41, 5.74) is 1.58. The SMILES string of the molecule is Cc1cccnc1CNC(=O)C1CC(C(=O)O)=NO1. The van der Waals surface area contributed by atoms with E-state index in [9.17, 15) is 9.59 Å². The van der Waals surface area contributed by atoms with Gasteiger partial charge in [-0.2, -0.15) is 0 Å². The largest absolute Gasteiger partial charge is 0.477 e. The highest BCUT2D eigenvalue weighted by atomic mass is 16.6. The van der Waals surface area contributed by atoms with Crippen molar-refractivity contribution in [2.24, 2.45) is 5.16 Å². The van der Waals surface area contributed by atoms with E-state index in [0.29, 0.717) is 0 Å². The number of carbonyl (C=O) groups is 2. The van der Waals surface area contributed by atoms with E-state index in [4.69, 9.17) is 9.94 Å². The molecule has 0 fully saturated rings. The fourth-order valence-corrected chi connectivity index (χ4v) is 1.63. The van der Waals surface area contributed by atoms with Gasteiger partial charge in [0.05, 0.1) is 12.2 Å². The minimum absolute atomic E-state index is 0.0254. The standard InChI is InChI=1S/C12H13N3O4/c1-7-3-2-4-13-9(7)6-14-11(16)10-5-8(12(17)18)15-19-10/h2-4,10H,5-6H2,1H3,(H,14,16)(H,17,18). The number of nitrogens with zero attached hydrogens (tertiary/aromatic N) is 2. The lowest BCUT2D eigenvalue weighted by atomic mass is 10.1. The zero-order valence-corrected chi connectivity index (χ0v) is 10.3. The first kappa shape index (κ1) is 13.0. The molecule has 1 amide bonds. The Kier molecular flexibility index (Phi) is 3.74. The molecule has 0 spiro atoms. The van der Waals surface area contributed by atoms with Crippen LogP contribution in [0.25, 0.3) is 0 Å². The van der Waals surface area contributed by atoms with Crippen LogP contribution >= 0.6 is 0 Å². The lowest BCUT2D eigenvalue weighted by Gasteiger charge is -2.10. The first-order chi connectivity index (χ1) is 9.08. The highest BCUT2D eigenvalue weighted by Gasteiger charge is 2.31. The number of pyridine rings is 1. The predicted molar refractivity (Wildman–Crippen MR) is 65.4 cm³/mol. The molecule has 1 aliphatic rings. The third kappa shape index (κ3) is 3.06. The molecule has 2 N–H and O–H groups in total. The predicted octanol–water partition coefficient (Wildman–Crippen LogP) is 0.236. The van der Waals surface area contributed by atoms with Crippen LogP contribution in [-0.4, -0.2) is 33.8 Å². The molecule has 2 rings (SSSR count). The zero-order chi connectivity index (χ0) is 13.8. The third-order valence-electron chi connectivity index (χ3n) is 2.76. The minimum atomic E-state index is -1.17. The molecular weight excluding hydrogens is 250 g/mol. The maximum absolute atomic E-state index is 11.8. The van der Waals surface area contributed by atoms with Gasteiger partial charge in [0.25, 0.3) is 5.91 Å². The molecular formula is C12H13N3O4. The zero-order valence-electron chi connectivity index (χ0n) is 10.3. The molecule has 1 aliphatic heterocycles. The molecule has 7 nitrogen and oxygen atoms in total. The van der Waals surface area contributed by atoms with E-state index in [1.807, 2.05) is 19.1 Å². The lowest BCUT2D eigenvalue weighted by Crippen LogP contribution is -2.35. The van der Waals surface area contributed by atoms with Crippen LogP contribution < -0.4 is 5.32 Å². The van der Waals surface area contributed by atoms with Crippen LogP contribution in [0.5, 0.6) is 0 Å². The quantitative estimate of drug-likeness (QED) is 0.810. The van der Waals surface area contributed by atoms with Crippen molar-refractivity contribution >= 4 is 17.6 Å². The van der Waals surface area contributed by atoms with Gasteiger partial charge in [-0.15, -0.1) is 0 Å². The van der Waals surface area contributed by atoms with Gasteiger partial charge in [0.1, 0.15) is 0 Å². The Bertz CT molecular complexity index is 542. The van der Waals surface area contributed by atoms with Gasteiger partial charge in [0.2, 0.25) is 6.10 Å². The van der Waals surface area contributed by atoms with E-state index in [0.717, 1.165) is 11.3 Å². The number of nitrogens with one attached hydrogen (secondary N) is 1. The first-order valence-corrected chi connectivity index (χ1v) is 5.72. The second-order valence-electron chi connectivity index (χ2n) is 4.13. The molecule has 1 aromatic heterocycles. The molecule has 0 saturated carbocycles. The van der Waals surface area contributed by atoms with Gasteiger partial charge in [-0.25, -0.2) is 4.79 Å². The van der Waals surface area contributed by atoms with Crippen molar-refractivity contribution < 1.29 is 19.5 Å². The van der Waals surface area contributed by atoms with Crippen LogP contribution in [0.2, 0.25) is 0 Å². The van der Waals surface area contributed by atoms with Crippen molar-refractivity contribution in [3.05, 3.63) is 29.6 Å². The monoisotopic (exact) mass is 263 g/mol. The maximum atomic E-state index is 11.8. The Morgan fingerprint density at radius 2 is 2.37 bits per heavy atom. The van der Waals surface area contributed by atoms with Gasteiger partial charge in [-0.05, 0) is 18.6 Å². The van der Waals surface area contributed by atoms with Gasteiger partial charge < -0.3 is 15.3 Å². The summed E-state index contributed by atoms with van der Waals surface area (Å²) in [6.07, 6.45) is 0.740. The fourth-order valence-electron chi connectivity index (χ4n) is 1.63. The molecule has 100 valence electrons. The maximum Gasteiger partial charge on any atom is 0.353 e. The number of rotatable bonds is 4. The number of hydrogen-bond donors (Lipinski definition) is 2. The van der Waals surface area contributed by atoms with Crippen LogP contribution in [-0.2, 0) is 21.0 Å². The molecule has 0 aromatic carbocycles. The Balaban J connectivity index is 1.87. The summed E-state index contributed by atoms with van der Waals surface area (Å²) in [7, 11) is 0. The van der Waals surface area contributed by atoms with Gasteiger partial charge in [-0.3, -0.25) is 9.78 Å². The van der Waals surface area contributed by atoms with Crippen molar-refractivity contribution in [3.8, 4) is 0 Å². The van der Waals surface area contributed by atoms with E-state index in [2.05, 4.69) is 15.5 Å². The van der Waals surface area contributed by atoms with Gasteiger partial charge in [0, 0.05) is 12.6 Å². The molecule has 1 unspecified atom stereocenters. The summed E-state index contributed by atoms with van der Waals surface area (Å²) in [6.45, 7) is 2.17. The number of carbonyl (C=O) groups excluding carboxylic acids is 1. The normalized spacial score (nSPS) is 17.5. The Labute approximate surface area is 109 Å². The second-order valence-corrected chi connectivity index (χ2v) is 4.13. The number of aryl methyl sites for hydroxylation is 1. The average Bonchev–Trinajstić information content (AvgIpc) is 2.87. The molecule has 19 heavy (non-hydrogen) atoms. The number of carboxylic acid groups (broad SMARTS) is 1. The van der Waals surface area contributed by atoms with Crippen LogP contribution in [0.1, 0.15) is 17.7 Å². The smallest absolute Gasteiger partial charge is 0.353 e. The number of carboxylic acids is 1. The first-order valence-electron chi connectivity index (χ1n) is 5.72. The van der Waals surface area contributed by atoms with Gasteiger partial charge in [-0.1, -0.05) is 11.2 Å². The molecule has 7 heteroatoms. The number of aromatic nitrogens is 1. The van der Waals surface area contributed by atoms with Gasteiger partial charge >= 0.3 is 5.97 Å². The number of aliphatic carboxylic acids is 1. The van der Waals surface area contributed by atoms with Crippen molar-refractivity contribution in [1.29, 1.82) is 0 Å². The Morgan fingerprint density at radius 3 is 3.00 bits per heavy atom. The van der Waals surface area contributed by atoms with Gasteiger partial charge in [0.15, 0.2) is 5.71 Å². The fraction of sp³-hybridized carbons (Fsp3) is 0.333. The Morgan fingerprint density at radius 1 is 1.58 bits per heavy atom. The molecule has 0 saturated heterocycles. The van der Waals surface area contributed by atoms with Crippen molar-refractivity contribution in [2.45, 2.75) is 26.0 Å². The highest BCUT2D eigenvalue weighted by Crippen LogP contribution is 2.11. The van der Waals surface area contributed by atoms with Crippen molar-refractivity contribution in [1.82, 2.24) is 10.3 Å². The summed E-state index contributed by atoms with van der Waals surface area (Å²) in [6, 6.07) is 3.71. The van der Waals surface area contributed by atoms with E-state index in [1.54, 1.807) is 6.20 Å². The van der Waals surface area contributed by atoms with Crippen LogP contribution in [0.15, 0.2) is 23.5 Å². The Hall–Kier alpha value is -2.44. The van der Waals surface area contributed by atoms with Crippen molar-refractivity contribution in [2.75, 3.05) is 0 Å². The molecule has 0 bridgehead atoms. The van der Waals surface area contributed by atoms with E-state index in [-0.39, 0.29) is 18.7 Å². The minimum Gasteiger partial charge on any atom is -0.477 e. The molecule has 1 atom stereocenters. The third-order valence-corrected chi connectivity index (χ3v) is 2.76. The summed E-state index contributed by atoms with van der Waals surface area (Å²) < 4.78 is 0.